The minimum Gasteiger partial charge on any atom is -0.379 e. The normalized spacial score (nSPS) is 19.2. The van der Waals surface area contributed by atoms with E-state index in [-0.39, 0.29) is 5.82 Å². The number of aromatic nitrogens is 2. The van der Waals surface area contributed by atoms with Crippen LogP contribution in [-0.2, 0) is 11.3 Å². The Morgan fingerprint density at radius 3 is 2.56 bits per heavy atom. The van der Waals surface area contributed by atoms with Crippen LogP contribution in [0.1, 0.15) is 42.3 Å². The molecular formula is C25H29FN4O2. The van der Waals surface area contributed by atoms with Crippen LogP contribution in [0.5, 0.6) is 0 Å². The molecular weight excluding hydrogens is 407 g/mol. The van der Waals surface area contributed by atoms with Crippen LogP contribution in [-0.4, -0.2) is 59.3 Å². The standard InChI is InChI=1S/C25H29FN4O2/c26-22-10-3-2-9-21(22)23(30-13-15-31-16-14-30)25-27-24(28-32-25)20-8-6-7-19(17-20)18-29-11-4-1-5-12-29/h2-3,6-10,17,23H,1,4-5,11-16,18H2. The van der Waals surface area contributed by atoms with E-state index in [2.05, 4.69) is 27.1 Å². The predicted octanol–water partition coefficient (Wildman–Crippen LogP) is 4.28. The highest BCUT2D eigenvalue weighted by Gasteiger charge is 2.31. The highest BCUT2D eigenvalue weighted by molar-refractivity contribution is 5.55. The fourth-order valence-electron chi connectivity index (χ4n) is 4.67. The van der Waals surface area contributed by atoms with Crippen molar-refractivity contribution in [3.05, 3.63) is 71.4 Å². The minimum atomic E-state index is -0.433. The lowest BCUT2D eigenvalue weighted by Gasteiger charge is -2.32. The number of hydrogen-bond acceptors (Lipinski definition) is 6. The fraction of sp³-hybridized carbons (Fsp3) is 0.440. The Morgan fingerprint density at radius 2 is 1.75 bits per heavy atom. The Hall–Kier alpha value is -2.61. The highest BCUT2D eigenvalue weighted by atomic mass is 19.1. The van der Waals surface area contributed by atoms with E-state index in [0.29, 0.717) is 43.6 Å². The van der Waals surface area contributed by atoms with E-state index >= 15 is 0 Å². The third kappa shape index (κ3) is 4.75. The lowest BCUT2D eigenvalue weighted by molar-refractivity contribution is 0.0174. The zero-order valence-electron chi connectivity index (χ0n) is 18.3. The van der Waals surface area contributed by atoms with E-state index in [0.717, 1.165) is 25.2 Å². The zero-order valence-corrected chi connectivity index (χ0v) is 18.3. The van der Waals surface area contributed by atoms with E-state index in [1.54, 1.807) is 12.1 Å². The van der Waals surface area contributed by atoms with Gasteiger partial charge in [-0.05, 0) is 43.6 Å². The Bertz CT molecular complexity index is 1030. The van der Waals surface area contributed by atoms with Crippen LogP contribution in [0.25, 0.3) is 11.4 Å². The van der Waals surface area contributed by atoms with E-state index in [4.69, 9.17) is 14.2 Å². The molecule has 2 aliphatic heterocycles. The molecule has 0 N–H and O–H groups in total. The van der Waals surface area contributed by atoms with Crippen molar-refractivity contribution >= 4 is 0 Å². The van der Waals surface area contributed by atoms with Crippen LogP contribution in [0.15, 0.2) is 53.1 Å². The van der Waals surface area contributed by atoms with Gasteiger partial charge in [0.25, 0.3) is 0 Å². The van der Waals surface area contributed by atoms with Gasteiger partial charge in [0, 0.05) is 30.8 Å². The number of hydrogen-bond donors (Lipinski definition) is 0. The maximum atomic E-state index is 14.7. The second kappa shape index (κ2) is 9.90. The molecule has 0 bridgehead atoms. The smallest absolute Gasteiger partial charge is 0.249 e. The molecule has 7 heteroatoms. The summed E-state index contributed by atoms with van der Waals surface area (Å²) in [5.41, 5.74) is 2.71. The summed E-state index contributed by atoms with van der Waals surface area (Å²) < 4.78 is 25.9. The van der Waals surface area contributed by atoms with Crippen LogP contribution in [0.3, 0.4) is 0 Å². The SMILES string of the molecule is Fc1ccccc1C(c1nc(-c2cccc(CN3CCCCC3)c2)no1)N1CCOCC1. The molecule has 1 unspecified atom stereocenters. The van der Waals surface area contributed by atoms with Gasteiger partial charge in [-0.25, -0.2) is 4.39 Å². The number of nitrogens with zero attached hydrogens (tertiary/aromatic N) is 4. The zero-order chi connectivity index (χ0) is 21.8. The summed E-state index contributed by atoms with van der Waals surface area (Å²) in [4.78, 5) is 9.36. The maximum absolute atomic E-state index is 14.7. The lowest BCUT2D eigenvalue weighted by Crippen LogP contribution is -2.40. The Morgan fingerprint density at radius 1 is 0.938 bits per heavy atom. The monoisotopic (exact) mass is 436 g/mol. The Labute approximate surface area is 188 Å². The molecule has 2 aromatic carbocycles. The van der Waals surface area contributed by atoms with Gasteiger partial charge >= 0.3 is 0 Å². The van der Waals surface area contributed by atoms with Crippen LogP contribution in [0.4, 0.5) is 4.39 Å². The molecule has 168 valence electrons. The molecule has 0 amide bonds. The van der Waals surface area contributed by atoms with Crippen molar-refractivity contribution in [1.29, 1.82) is 0 Å². The molecule has 1 atom stereocenters. The van der Waals surface area contributed by atoms with Gasteiger partial charge in [-0.1, -0.05) is 48.0 Å². The summed E-state index contributed by atoms with van der Waals surface area (Å²) in [7, 11) is 0. The van der Waals surface area contributed by atoms with Gasteiger partial charge in [0.1, 0.15) is 11.9 Å². The first-order chi connectivity index (χ1) is 15.8. The Kier molecular flexibility index (Phi) is 6.57. The molecule has 0 aliphatic carbocycles. The van der Waals surface area contributed by atoms with Crippen LogP contribution < -0.4 is 0 Å². The fourth-order valence-corrected chi connectivity index (χ4v) is 4.67. The summed E-state index contributed by atoms with van der Waals surface area (Å²) in [6, 6.07) is 14.7. The summed E-state index contributed by atoms with van der Waals surface area (Å²) in [6.45, 7) is 5.81. The molecule has 3 heterocycles. The topological polar surface area (TPSA) is 54.6 Å². The van der Waals surface area contributed by atoms with E-state index in [9.17, 15) is 4.39 Å². The van der Waals surface area contributed by atoms with E-state index in [1.165, 1.54) is 30.9 Å². The predicted molar refractivity (Wildman–Crippen MR) is 119 cm³/mol. The van der Waals surface area contributed by atoms with Crippen LogP contribution in [0, 0.1) is 5.82 Å². The Balaban J connectivity index is 1.42. The quantitative estimate of drug-likeness (QED) is 0.575. The third-order valence-electron chi connectivity index (χ3n) is 6.33. The largest absolute Gasteiger partial charge is 0.379 e. The van der Waals surface area contributed by atoms with Gasteiger partial charge in [0.2, 0.25) is 11.7 Å². The van der Waals surface area contributed by atoms with Crippen molar-refractivity contribution in [2.24, 2.45) is 0 Å². The lowest BCUT2D eigenvalue weighted by atomic mass is 10.0. The average molecular weight is 437 g/mol. The van der Waals surface area contributed by atoms with E-state index < -0.39 is 6.04 Å². The second-order valence-corrected chi connectivity index (χ2v) is 8.57. The molecule has 0 spiro atoms. The van der Waals surface area contributed by atoms with Gasteiger partial charge in [-0.15, -0.1) is 0 Å². The molecule has 5 rings (SSSR count). The van der Waals surface area contributed by atoms with Gasteiger partial charge in [0.15, 0.2) is 0 Å². The molecule has 0 radical (unpaired) electrons. The molecule has 2 saturated heterocycles. The minimum absolute atomic E-state index is 0.271. The molecule has 1 aromatic heterocycles. The summed E-state index contributed by atoms with van der Waals surface area (Å²) in [6.07, 6.45) is 3.87. The first-order valence-corrected chi connectivity index (χ1v) is 11.5. The molecule has 6 nitrogen and oxygen atoms in total. The number of benzene rings is 2. The summed E-state index contributed by atoms with van der Waals surface area (Å²) >= 11 is 0. The van der Waals surface area contributed by atoms with E-state index in [1.807, 2.05) is 18.2 Å². The number of piperidine rings is 1. The number of halogens is 1. The molecule has 3 aromatic rings. The van der Waals surface area contributed by atoms with Crippen molar-refractivity contribution in [2.75, 3.05) is 39.4 Å². The number of rotatable bonds is 6. The van der Waals surface area contributed by atoms with Crippen molar-refractivity contribution in [1.82, 2.24) is 19.9 Å². The second-order valence-electron chi connectivity index (χ2n) is 8.57. The van der Waals surface area contributed by atoms with Gasteiger partial charge in [-0.2, -0.15) is 4.98 Å². The number of ether oxygens (including phenoxy) is 1. The first kappa shape index (κ1) is 21.2. The van der Waals surface area contributed by atoms with Crippen LogP contribution >= 0.6 is 0 Å². The van der Waals surface area contributed by atoms with Crippen LogP contribution in [0.2, 0.25) is 0 Å². The molecule has 0 saturated carbocycles. The third-order valence-corrected chi connectivity index (χ3v) is 6.33. The molecule has 2 aliphatic rings. The van der Waals surface area contributed by atoms with Crippen molar-refractivity contribution in [2.45, 2.75) is 31.8 Å². The number of likely N-dealkylation sites (tertiary alicyclic amines) is 1. The first-order valence-electron chi connectivity index (χ1n) is 11.5. The maximum Gasteiger partial charge on any atom is 0.249 e. The van der Waals surface area contributed by atoms with Gasteiger partial charge in [-0.3, -0.25) is 9.80 Å². The van der Waals surface area contributed by atoms with Gasteiger partial charge in [0.05, 0.1) is 13.2 Å². The van der Waals surface area contributed by atoms with Crippen molar-refractivity contribution in [3.63, 3.8) is 0 Å². The molecule has 2 fully saturated rings. The summed E-state index contributed by atoms with van der Waals surface area (Å²) in [5.74, 6) is 0.677. The summed E-state index contributed by atoms with van der Waals surface area (Å²) in [5, 5.41) is 4.27. The van der Waals surface area contributed by atoms with Gasteiger partial charge < -0.3 is 9.26 Å². The van der Waals surface area contributed by atoms with Crippen molar-refractivity contribution < 1.29 is 13.7 Å². The van der Waals surface area contributed by atoms with Crippen molar-refractivity contribution in [3.8, 4) is 11.4 Å². The number of morpholine rings is 1. The molecule has 32 heavy (non-hydrogen) atoms. The average Bonchev–Trinajstić information content (AvgIpc) is 3.32. The highest BCUT2D eigenvalue weighted by Crippen LogP contribution is 2.31.